The van der Waals surface area contributed by atoms with Gasteiger partial charge in [-0.3, -0.25) is 0 Å². The molecule has 4 nitrogen and oxygen atoms in total. The van der Waals surface area contributed by atoms with E-state index in [4.69, 9.17) is 12.2 Å². The Bertz CT molecular complexity index is 372. The normalized spacial score (nSPS) is 28.9. The molecule has 0 aromatic carbocycles. The fraction of sp³-hybridized carbons (Fsp3) is 0.750. The zero-order chi connectivity index (χ0) is 13.9. The van der Waals surface area contributed by atoms with Gasteiger partial charge < -0.3 is 5.11 Å². The highest BCUT2D eigenvalue weighted by Gasteiger charge is 2.54. The molecule has 0 aliphatic carbocycles. The van der Waals surface area contributed by atoms with Gasteiger partial charge in [0.25, 0.3) is 0 Å². The van der Waals surface area contributed by atoms with E-state index in [2.05, 4.69) is 0 Å². The summed E-state index contributed by atoms with van der Waals surface area (Å²) >= 11 is 6.41. The Morgan fingerprint density at radius 2 is 2.17 bits per heavy atom. The summed E-state index contributed by atoms with van der Waals surface area (Å²) in [6, 6.07) is -0.129. The largest absolute Gasteiger partial charge is 0.521 e. The van der Waals surface area contributed by atoms with Gasteiger partial charge in [0, 0.05) is 22.8 Å². The number of hydrogen-bond donors (Lipinski definition) is 1. The maximum atomic E-state index is 12.5. The lowest BCUT2D eigenvalue weighted by molar-refractivity contribution is -0.793. The van der Waals surface area contributed by atoms with Gasteiger partial charge in [0.05, 0.1) is 12.5 Å². The third-order valence-electron chi connectivity index (χ3n) is 3.58. The Balaban J connectivity index is 2.84. The predicted octanol–water partition coefficient (Wildman–Crippen LogP) is 2.91. The Morgan fingerprint density at radius 3 is 2.56 bits per heavy atom. The van der Waals surface area contributed by atoms with Crippen molar-refractivity contribution < 1.29 is 19.2 Å². The smallest absolute Gasteiger partial charge is 0.435 e. The Morgan fingerprint density at radius 1 is 1.56 bits per heavy atom. The van der Waals surface area contributed by atoms with Gasteiger partial charge in [0.2, 0.25) is 0 Å². The molecule has 0 spiro atoms. The standard InChI is InChI=1S/C12H19NO3S2/c1-8(7-18-10(3)17)11(14)13(12(15)16)6-4-5-9(13)2/h8-9H,4-7H2,1-3H3/p+1/t8?,9?,13-/m0/s1. The van der Waals surface area contributed by atoms with E-state index in [-0.39, 0.29) is 17.9 Å². The van der Waals surface area contributed by atoms with E-state index in [1.165, 1.54) is 11.8 Å². The van der Waals surface area contributed by atoms with Crippen LogP contribution in [0.15, 0.2) is 0 Å². The molecule has 1 N–H and O–H groups in total. The van der Waals surface area contributed by atoms with Crippen LogP contribution in [0, 0.1) is 5.92 Å². The summed E-state index contributed by atoms with van der Waals surface area (Å²) in [4.78, 5) is 24.0. The predicted molar refractivity (Wildman–Crippen MR) is 76.7 cm³/mol. The zero-order valence-electron chi connectivity index (χ0n) is 11.0. The Hall–Kier alpha value is -0.460. The highest BCUT2D eigenvalue weighted by Crippen LogP contribution is 2.30. The molecule has 1 saturated heterocycles. The molecular formula is C12H20NO3S2+. The monoisotopic (exact) mass is 290 g/mol. The van der Waals surface area contributed by atoms with Gasteiger partial charge >= 0.3 is 12.0 Å². The van der Waals surface area contributed by atoms with Crippen molar-refractivity contribution in [2.45, 2.75) is 39.7 Å². The first-order valence-electron chi connectivity index (χ1n) is 6.11. The van der Waals surface area contributed by atoms with Crippen molar-refractivity contribution in [2.24, 2.45) is 5.92 Å². The molecule has 1 heterocycles. The van der Waals surface area contributed by atoms with Crippen LogP contribution in [-0.4, -0.2) is 44.1 Å². The van der Waals surface area contributed by atoms with E-state index in [9.17, 15) is 14.7 Å². The van der Waals surface area contributed by atoms with Crippen LogP contribution in [0.1, 0.15) is 33.6 Å². The van der Waals surface area contributed by atoms with Crippen LogP contribution < -0.4 is 0 Å². The van der Waals surface area contributed by atoms with Crippen LogP contribution in [0.2, 0.25) is 0 Å². The molecule has 1 rings (SSSR count). The fourth-order valence-corrected chi connectivity index (χ4v) is 3.32. The number of amides is 2. The van der Waals surface area contributed by atoms with Crippen LogP contribution in [-0.2, 0) is 4.79 Å². The second-order valence-corrected chi connectivity index (χ2v) is 7.01. The van der Waals surface area contributed by atoms with Crippen molar-refractivity contribution in [1.29, 1.82) is 0 Å². The fourth-order valence-electron chi connectivity index (χ4n) is 2.49. The molecule has 1 fully saturated rings. The zero-order valence-corrected chi connectivity index (χ0v) is 12.6. The van der Waals surface area contributed by atoms with Crippen molar-refractivity contribution >= 4 is 40.2 Å². The molecule has 3 atom stereocenters. The first-order chi connectivity index (χ1) is 8.32. The number of thioether (sulfide) groups is 1. The maximum Gasteiger partial charge on any atom is 0.521 e. The highest BCUT2D eigenvalue weighted by atomic mass is 32.2. The summed E-state index contributed by atoms with van der Waals surface area (Å²) in [6.45, 7) is 5.88. The van der Waals surface area contributed by atoms with Gasteiger partial charge in [-0.15, -0.1) is 11.8 Å². The summed E-state index contributed by atoms with van der Waals surface area (Å²) < 4.78 is 0.379. The molecule has 0 aromatic heterocycles. The van der Waals surface area contributed by atoms with E-state index in [1.54, 1.807) is 6.92 Å². The second-order valence-electron chi connectivity index (χ2n) is 4.91. The minimum atomic E-state index is -1.01. The van der Waals surface area contributed by atoms with Crippen molar-refractivity contribution in [3.63, 3.8) is 0 Å². The summed E-state index contributed by atoms with van der Waals surface area (Å²) in [5.74, 6) is 0.0922. The molecule has 0 bridgehead atoms. The topological polar surface area (TPSA) is 54.4 Å². The number of imide groups is 1. The van der Waals surface area contributed by atoms with Crippen molar-refractivity contribution in [3.8, 4) is 0 Å². The third-order valence-corrected chi connectivity index (χ3v) is 5.00. The van der Waals surface area contributed by atoms with E-state index in [0.29, 0.717) is 12.3 Å². The lowest BCUT2D eigenvalue weighted by Gasteiger charge is -2.31. The van der Waals surface area contributed by atoms with Crippen molar-refractivity contribution in [2.75, 3.05) is 12.3 Å². The first-order valence-corrected chi connectivity index (χ1v) is 7.50. The summed E-state index contributed by atoms with van der Waals surface area (Å²) in [6.07, 6.45) is 0.580. The minimum Gasteiger partial charge on any atom is -0.435 e. The number of rotatable bonds is 3. The molecule has 0 saturated carbocycles. The number of hydrogen-bond acceptors (Lipinski definition) is 4. The number of carbonyl (C=O) groups is 2. The number of nitrogens with zero attached hydrogens (tertiary/aromatic N) is 1. The molecule has 1 aliphatic rings. The van der Waals surface area contributed by atoms with Gasteiger partial charge in [-0.1, -0.05) is 12.2 Å². The second kappa shape index (κ2) is 6.12. The van der Waals surface area contributed by atoms with Gasteiger partial charge in [-0.2, -0.15) is 9.28 Å². The van der Waals surface area contributed by atoms with E-state index in [0.717, 1.165) is 17.0 Å². The van der Waals surface area contributed by atoms with Crippen LogP contribution in [0.3, 0.4) is 0 Å². The quantitative estimate of drug-likeness (QED) is 0.640. The van der Waals surface area contributed by atoms with Gasteiger partial charge in [-0.25, -0.2) is 4.79 Å². The van der Waals surface area contributed by atoms with E-state index < -0.39 is 10.6 Å². The Labute approximate surface area is 117 Å². The average Bonchev–Trinajstić information content (AvgIpc) is 2.67. The lowest BCUT2D eigenvalue weighted by atomic mass is 10.1. The molecule has 102 valence electrons. The minimum absolute atomic E-state index is 0.129. The molecular weight excluding hydrogens is 270 g/mol. The van der Waals surface area contributed by atoms with E-state index >= 15 is 0 Å². The van der Waals surface area contributed by atoms with Gasteiger partial charge in [-0.05, 0) is 20.8 Å². The van der Waals surface area contributed by atoms with E-state index in [1.807, 2.05) is 13.8 Å². The number of carboxylic acid groups (broad SMARTS) is 1. The molecule has 0 radical (unpaired) electrons. The number of quaternary nitrogens is 1. The van der Waals surface area contributed by atoms with Gasteiger partial charge in [0.1, 0.15) is 6.04 Å². The van der Waals surface area contributed by atoms with Crippen molar-refractivity contribution in [3.05, 3.63) is 0 Å². The van der Waals surface area contributed by atoms with Crippen LogP contribution >= 0.6 is 24.0 Å². The van der Waals surface area contributed by atoms with Crippen molar-refractivity contribution in [1.82, 2.24) is 0 Å². The Kier molecular flexibility index (Phi) is 5.31. The maximum absolute atomic E-state index is 12.5. The molecule has 18 heavy (non-hydrogen) atoms. The molecule has 6 heteroatoms. The molecule has 0 aromatic rings. The first kappa shape index (κ1) is 15.6. The number of likely N-dealkylation sites (tertiary alicyclic amines) is 1. The van der Waals surface area contributed by atoms with Crippen LogP contribution in [0.5, 0.6) is 0 Å². The van der Waals surface area contributed by atoms with Gasteiger partial charge in [0.15, 0.2) is 0 Å². The summed E-state index contributed by atoms with van der Waals surface area (Å²) in [5.41, 5.74) is 0. The van der Waals surface area contributed by atoms with Crippen LogP contribution in [0.4, 0.5) is 4.79 Å². The molecule has 1 aliphatic heterocycles. The molecule has 2 unspecified atom stereocenters. The third kappa shape index (κ3) is 2.92. The summed E-state index contributed by atoms with van der Waals surface area (Å²) in [5, 5.41) is 9.45. The van der Waals surface area contributed by atoms with Crippen LogP contribution in [0.25, 0.3) is 0 Å². The molecule has 2 amide bonds. The number of thiocarbonyl (C=S) groups is 1. The number of carbonyl (C=O) groups excluding carboxylic acids is 1. The highest BCUT2D eigenvalue weighted by molar-refractivity contribution is 8.23. The average molecular weight is 290 g/mol. The SMILES string of the molecule is CC(=S)SCC(C)C(=O)[N@+]1(C(=O)O)CCCC1C. The summed E-state index contributed by atoms with van der Waals surface area (Å²) in [7, 11) is 0. The lowest BCUT2D eigenvalue weighted by Crippen LogP contribution is -2.60.